The topological polar surface area (TPSA) is 52.6 Å². The van der Waals surface area contributed by atoms with E-state index in [9.17, 15) is 9.59 Å². The standard InChI is InChI=1S/C24H36O4/c1-5-7-19(25)27-13-15-8-9-18(24(4)11-6-10-23(2,3)14-24)16-12-17-21(20(15)16)28-22(17)26/h15,17,20-21H,5-14H2,1-4H3/t15-,17-,20-,21-,24+/m0/s1. The van der Waals surface area contributed by atoms with Crippen molar-refractivity contribution in [2.24, 2.45) is 28.6 Å². The first-order chi connectivity index (χ1) is 13.2. The summed E-state index contributed by atoms with van der Waals surface area (Å²) in [5.74, 6) is 0.481. The maximum absolute atomic E-state index is 12.0. The Morgan fingerprint density at radius 2 is 2.04 bits per heavy atom. The molecule has 0 aromatic rings. The average molecular weight is 389 g/mol. The fourth-order valence-corrected chi connectivity index (χ4v) is 6.81. The van der Waals surface area contributed by atoms with Gasteiger partial charge in [-0.1, -0.05) is 45.3 Å². The molecule has 1 aliphatic heterocycles. The van der Waals surface area contributed by atoms with Gasteiger partial charge in [0.1, 0.15) is 6.10 Å². The van der Waals surface area contributed by atoms with Crippen LogP contribution in [0, 0.1) is 28.6 Å². The second-order valence-corrected chi connectivity index (χ2v) is 10.7. The van der Waals surface area contributed by atoms with E-state index in [4.69, 9.17) is 9.47 Å². The number of fused-ring (bicyclic) bond motifs is 3. The van der Waals surface area contributed by atoms with Gasteiger partial charge in [0.25, 0.3) is 0 Å². The minimum atomic E-state index is -0.0973. The fraction of sp³-hybridized carbons (Fsp3) is 0.833. The van der Waals surface area contributed by atoms with Gasteiger partial charge in [-0.15, -0.1) is 0 Å². The molecule has 2 saturated carbocycles. The Kier molecular flexibility index (Phi) is 5.12. The van der Waals surface area contributed by atoms with Crippen molar-refractivity contribution >= 4 is 11.9 Å². The summed E-state index contributed by atoms with van der Waals surface area (Å²) in [4.78, 5) is 24.0. The van der Waals surface area contributed by atoms with Crippen molar-refractivity contribution in [3.05, 3.63) is 11.1 Å². The minimum absolute atomic E-state index is 0.0212. The van der Waals surface area contributed by atoms with E-state index in [1.807, 2.05) is 6.92 Å². The van der Waals surface area contributed by atoms with Crippen molar-refractivity contribution in [3.8, 4) is 0 Å². The molecule has 156 valence electrons. The number of hydrogen-bond acceptors (Lipinski definition) is 4. The number of allylic oxidation sites excluding steroid dienone is 1. The molecule has 3 fully saturated rings. The summed E-state index contributed by atoms with van der Waals surface area (Å²) in [6.45, 7) is 9.73. The molecular formula is C24H36O4. The summed E-state index contributed by atoms with van der Waals surface area (Å²) in [6, 6.07) is 0. The van der Waals surface area contributed by atoms with Crippen LogP contribution in [0.3, 0.4) is 0 Å². The van der Waals surface area contributed by atoms with Crippen LogP contribution in [0.2, 0.25) is 0 Å². The molecule has 0 amide bonds. The van der Waals surface area contributed by atoms with Crippen LogP contribution in [0.15, 0.2) is 11.1 Å². The highest BCUT2D eigenvalue weighted by atomic mass is 16.6. The van der Waals surface area contributed by atoms with Crippen LogP contribution in [0.1, 0.15) is 85.5 Å². The zero-order valence-corrected chi connectivity index (χ0v) is 18.0. The second kappa shape index (κ2) is 7.18. The van der Waals surface area contributed by atoms with Crippen LogP contribution < -0.4 is 0 Å². The van der Waals surface area contributed by atoms with E-state index >= 15 is 0 Å². The maximum Gasteiger partial charge on any atom is 0.313 e. The normalized spacial score (nSPS) is 38.9. The summed E-state index contributed by atoms with van der Waals surface area (Å²) in [6.07, 6.45) is 9.39. The van der Waals surface area contributed by atoms with Gasteiger partial charge >= 0.3 is 11.9 Å². The van der Waals surface area contributed by atoms with Gasteiger partial charge in [0, 0.05) is 18.3 Å². The number of carbonyl (C=O) groups excluding carboxylic acids is 2. The van der Waals surface area contributed by atoms with Gasteiger partial charge in [-0.25, -0.2) is 0 Å². The summed E-state index contributed by atoms with van der Waals surface area (Å²) in [7, 11) is 0. The van der Waals surface area contributed by atoms with Crippen LogP contribution in [0.25, 0.3) is 0 Å². The van der Waals surface area contributed by atoms with Crippen LogP contribution in [-0.4, -0.2) is 24.6 Å². The lowest BCUT2D eigenvalue weighted by Crippen LogP contribution is -2.47. The van der Waals surface area contributed by atoms with Crippen LogP contribution in [0.4, 0.5) is 0 Å². The van der Waals surface area contributed by atoms with Gasteiger partial charge in [-0.05, 0) is 55.8 Å². The molecule has 3 aliphatic carbocycles. The van der Waals surface area contributed by atoms with Crippen LogP contribution >= 0.6 is 0 Å². The van der Waals surface area contributed by atoms with Gasteiger partial charge in [0.15, 0.2) is 0 Å². The first-order valence-electron chi connectivity index (χ1n) is 11.3. The molecule has 1 heterocycles. The van der Waals surface area contributed by atoms with Gasteiger partial charge < -0.3 is 9.47 Å². The van der Waals surface area contributed by atoms with Crippen molar-refractivity contribution in [2.75, 3.05) is 6.61 Å². The lowest BCUT2D eigenvalue weighted by molar-refractivity contribution is -0.187. The van der Waals surface area contributed by atoms with Crippen molar-refractivity contribution in [1.29, 1.82) is 0 Å². The van der Waals surface area contributed by atoms with Crippen molar-refractivity contribution in [1.82, 2.24) is 0 Å². The van der Waals surface area contributed by atoms with E-state index in [0.29, 0.717) is 24.4 Å². The van der Waals surface area contributed by atoms with Gasteiger partial charge in [0.05, 0.1) is 12.5 Å². The van der Waals surface area contributed by atoms with Crippen molar-refractivity contribution in [3.63, 3.8) is 0 Å². The average Bonchev–Trinajstić information content (AvgIpc) is 2.92. The Bertz CT molecular complexity index is 691. The van der Waals surface area contributed by atoms with Crippen molar-refractivity contribution in [2.45, 2.75) is 91.6 Å². The fourth-order valence-electron chi connectivity index (χ4n) is 6.81. The molecule has 4 nitrogen and oxygen atoms in total. The molecule has 0 N–H and O–H groups in total. The van der Waals surface area contributed by atoms with Gasteiger partial charge in [0.2, 0.25) is 0 Å². The molecule has 0 aromatic heterocycles. The Morgan fingerprint density at radius 1 is 1.25 bits per heavy atom. The third kappa shape index (κ3) is 3.41. The lowest BCUT2D eigenvalue weighted by atomic mass is 9.58. The highest BCUT2D eigenvalue weighted by molar-refractivity contribution is 5.80. The van der Waals surface area contributed by atoms with E-state index in [0.717, 1.165) is 25.7 Å². The highest BCUT2D eigenvalue weighted by Gasteiger charge is 2.59. The molecule has 4 rings (SSSR count). The molecule has 0 radical (unpaired) electrons. The lowest BCUT2D eigenvalue weighted by Gasteiger charge is -2.48. The van der Waals surface area contributed by atoms with E-state index in [1.165, 1.54) is 31.3 Å². The highest BCUT2D eigenvalue weighted by Crippen LogP contribution is 2.59. The largest absolute Gasteiger partial charge is 0.465 e. The summed E-state index contributed by atoms with van der Waals surface area (Å²) in [5, 5.41) is 0. The van der Waals surface area contributed by atoms with Crippen molar-refractivity contribution < 1.29 is 19.1 Å². The molecule has 0 spiro atoms. The van der Waals surface area contributed by atoms with Crippen LogP contribution in [-0.2, 0) is 19.1 Å². The first kappa shape index (κ1) is 20.0. The summed E-state index contributed by atoms with van der Waals surface area (Å²) < 4.78 is 11.2. The number of rotatable bonds is 5. The molecule has 0 bridgehead atoms. The Balaban J connectivity index is 1.59. The summed E-state index contributed by atoms with van der Waals surface area (Å²) >= 11 is 0. The predicted octanol–water partition coefficient (Wildman–Crippen LogP) is 5.20. The zero-order valence-electron chi connectivity index (χ0n) is 18.0. The molecule has 4 heteroatoms. The van der Waals surface area contributed by atoms with Gasteiger partial charge in [-0.2, -0.15) is 0 Å². The van der Waals surface area contributed by atoms with E-state index in [1.54, 1.807) is 5.57 Å². The molecular weight excluding hydrogens is 352 g/mol. The molecule has 0 unspecified atom stereocenters. The molecule has 5 atom stereocenters. The molecule has 1 saturated heterocycles. The second-order valence-electron chi connectivity index (χ2n) is 10.7. The first-order valence-corrected chi connectivity index (χ1v) is 11.3. The quantitative estimate of drug-likeness (QED) is 0.479. The molecule has 4 aliphatic rings. The minimum Gasteiger partial charge on any atom is -0.465 e. The molecule has 28 heavy (non-hydrogen) atoms. The number of ether oxygens (including phenoxy) is 2. The predicted molar refractivity (Wildman–Crippen MR) is 107 cm³/mol. The number of carbonyl (C=O) groups is 2. The van der Waals surface area contributed by atoms with E-state index < -0.39 is 0 Å². The third-order valence-electron chi connectivity index (χ3n) is 7.90. The number of esters is 2. The maximum atomic E-state index is 12.0. The van der Waals surface area contributed by atoms with Crippen LogP contribution in [0.5, 0.6) is 0 Å². The van der Waals surface area contributed by atoms with E-state index in [2.05, 4.69) is 20.8 Å². The SMILES string of the molecule is CCCC(=O)OC[C@@H]1CCC([C@]2(C)CCCC(C)(C)C2)=C2C[C@@H]3C(=O)O[C@@H]3[C@H]21. The Labute approximate surface area is 169 Å². The monoisotopic (exact) mass is 388 g/mol. The third-order valence-corrected chi connectivity index (χ3v) is 7.90. The van der Waals surface area contributed by atoms with E-state index in [-0.39, 0.29) is 35.3 Å². The summed E-state index contributed by atoms with van der Waals surface area (Å²) in [5.41, 5.74) is 3.73. The Hall–Kier alpha value is -1.32. The smallest absolute Gasteiger partial charge is 0.313 e. The zero-order chi connectivity index (χ0) is 20.1. The van der Waals surface area contributed by atoms with Gasteiger partial charge in [-0.3, -0.25) is 9.59 Å². The Morgan fingerprint density at radius 3 is 2.71 bits per heavy atom. The molecule has 0 aromatic carbocycles. The number of hydrogen-bond donors (Lipinski definition) is 0.